The lowest BCUT2D eigenvalue weighted by Gasteiger charge is -2.21. The molecule has 3 rings (SSSR count). The molecular formula is C15H21N3OS. The smallest absolute Gasteiger partial charge is 0.185 e. The summed E-state index contributed by atoms with van der Waals surface area (Å²) in [7, 11) is 2.10. The monoisotopic (exact) mass is 291 g/mol. The van der Waals surface area contributed by atoms with Gasteiger partial charge >= 0.3 is 0 Å². The Morgan fingerprint density at radius 2 is 2.45 bits per heavy atom. The van der Waals surface area contributed by atoms with Crippen LogP contribution in [0.3, 0.4) is 0 Å². The summed E-state index contributed by atoms with van der Waals surface area (Å²) < 4.78 is 5.13. The number of nitrogens with one attached hydrogen (secondary N) is 1. The molecule has 4 nitrogen and oxygen atoms in total. The second-order valence-corrected chi connectivity index (χ2v) is 6.36. The summed E-state index contributed by atoms with van der Waals surface area (Å²) in [5.41, 5.74) is 2.46. The van der Waals surface area contributed by atoms with Gasteiger partial charge in [-0.3, -0.25) is 0 Å². The van der Waals surface area contributed by atoms with Crippen LogP contribution in [0.25, 0.3) is 0 Å². The molecule has 0 aromatic carbocycles. The van der Waals surface area contributed by atoms with E-state index >= 15 is 0 Å². The van der Waals surface area contributed by atoms with Gasteiger partial charge in [0, 0.05) is 24.0 Å². The summed E-state index contributed by atoms with van der Waals surface area (Å²) in [5, 5.41) is 4.66. The molecule has 2 heterocycles. The first-order chi connectivity index (χ1) is 9.78. The number of thiazole rings is 1. The SMILES string of the molecule is CCNC1CCCc2sc(N(C)Cc3ccoc3)nc21. The first-order valence-electron chi connectivity index (χ1n) is 7.23. The largest absolute Gasteiger partial charge is 0.472 e. The number of anilines is 1. The van der Waals surface area contributed by atoms with Gasteiger partial charge in [0.05, 0.1) is 24.3 Å². The summed E-state index contributed by atoms with van der Waals surface area (Å²) in [6.07, 6.45) is 7.16. The van der Waals surface area contributed by atoms with Crippen LogP contribution in [-0.4, -0.2) is 18.6 Å². The molecule has 2 aromatic heterocycles. The van der Waals surface area contributed by atoms with Gasteiger partial charge in [0.2, 0.25) is 0 Å². The third kappa shape index (κ3) is 2.74. The van der Waals surface area contributed by atoms with Gasteiger partial charge in [-0.15, -0.1) is 11.3 Å². The molecule has 0 saturated heterocycles. The minimum Gasteiger partial charge on any atom is -0.472 e. The quantitative estimate of drug-likeness (QED) is 0.917. The van der Waals surface area contributed by atoms with Crippen LogP contribution in [-0.2, 0) is 13.0 Å². The van der Waals surface area contributed by atoms with Gasteiger partial charge in [0.25, 0.3) is 0 Å². The molecule has 0 saturated carbocycles. The molecule has 0 spiro atoms. The lowest BCUT2D eigenvalue weighted by atomic mass is 9.98. The number of aromatic nitrogens is 1. The molecule has 5 heteroatoms. The van der Waals surface area contributed by atoms with Crippen molar-refractivity contribution in [2.75, 3.05) is 18.5 Å². The van der Waals surface area contributed by atoms with Crippen molar-refractivity contribution in [2.45, 2.75) is 38.8 Å². The molecule has 0 aliphatic heterocycles. The maximum atomic E-state index is 5.13. The Hall–Kier alpha value is -1.33. The number of aryl methyl sites for hydroxylation is 1. The van der Waals surface area contributed by atoms with Crippen molar-refractivity contribution >= 4 is 16.5 Å². The standard InChI is InChI=1S/C15H21N3OS/c1-3-16-12-5-4-6-13-14(12)17-15(20-13)18(2)9-11-7-8-19-10-11/h7-8,10,12,16H,3-6,9H2,1-2H3. The van der Waals surface area contributed by atoms with Crippen LogP contribution in [0.5, 0.6) is 0 Å². The highest BCUT2D eigenvalue weighted by Gasteiger charge is 2.24. The molecule has 20 heavy (non-hydrogen) atoms. The Morgan fingerprint density at radius 3 is 3.20 bits per heavy atom. The predicted molar refractivity (Wildman–Crippen MR) is 82.3 cm³/mol. The van der Waals surface area contributed by atoms with Crippen LogP contribution in [0, 0.1) is 0 Å². The first-order valence-corrected chi connectivity index (χ1v) is 8.04. The summed E-state index contributed by atoms with van der Waals surface area (Å²) in [6.45, 7) is 4.00. The van der Waals surface area contributed by atoms with Gasteiger partial charge < -0.3 is 14.6 Å². The van der Waals surface area contributed by atoms with Crippen LogP contribution in [0.2, 0.25) is 0 Å². The zero-order valence-electron chi connectivity index (χ0n) is 12.1. The van der Waals surface area contributed by atoms with E-state index in [1.54, 1.807) is 12.5 Å². The van der Waals surface area contributed by atoms with E-state index in [-0.39, 0.29) is 0 Å². The maximum absolute atomic E-state index is 5.13. The highest BCUT2D eigenvalue weighted by Crippen LogP contribution is 2.36. The van der Waals surface area contributed by atoms with Gasteiger partial charge in [-0.25, -0.2) is 4.98 Å². The molecule has 0 bridgehead atoms. The van der Waals surface area contributed by atoms with E-state index in [1.165, 1.54) is 35.4 Å². The Balaban J connectivity index is 1.78. The number of furan rings is 1. The number of hydrogen-bond acceptors (Lipinski definition) is 5. The lowest BCUT2D eigenvalue weighted by molar-refractivity contribution is 0.465. The van der Waals surface area contributed by atoms with Gasteiger partial charge in [-0.2, -0.15) is 0 Å². The van der Waals surface area contributed by atoms with Crippen molar-refractivity contribution in [1.82, 2.24) is 10.3 Å². The van der Waals surface area contributed by atoms with Crippen LogP contribution < -0.4 is 10.2 Å². The fraction of sp³-hybridized carbons (Fsp3) is 0.533. The van der Waals surface area contributed by atoms with Crippen LogP contribution in [0.4, 0.5) is 5.13 Å². The number of hydrogen-bond donors (Lipinski definition) is 1. The Kier molecular flexibility index (Phi) is 4.08. The van der Waals surface area contributed by atoms with Gasteiger partial charge in [-0.05, 0) is 31.9 Å². The Labute approximate surface area is 123 Å². The van der Waals surface area contributed by atoms with Crippen LogP contribution >= 0.6 is 11.3 Å². The van der Waals surface area contributed by atoms with Crippen molar-refractivity contribution in [1.29, 1.82) is 0 Å². The molecule has 1 atom stereocenters. The third-order valence-corrected chi connectivity index (χ3v) is 4.97. The fourth-order valence-corrected chi connectivity index (χ4v) is 3.86. The maximum Gasteiger partial charge on any atom is 0.185 e. The molecule has 1 aliphatic rings. The molecule has 2 aromatic rings. The van der Waals surface area contributed by atoms with E-state index in [1.807, 2.05) is 17.4 Å². The van der Waals surface area contributed by atoms with E-state index in [0.717, 1.165) is 18.2 Å². The third-order valence-electron chi connectivity index (χ3n) is 3.72. The fourth-order valence-electron chi connectivity index (χ4n) is 2.74. The van der Waals surface area contributed by atoms with Gasteiger partial charge in [-0.1, -0.05) is 6.92 Å². The molecular weight excluding hydrogens is 270 g/mol. The molecule has 1 unspecified atom stereocenters. The summed E-state index contributed by atoms with van der Waals surface area (Å²) in [4.78, 5) is 8.54. The summed E-state index contributed by atoms with van der Waals surface area (Å²) >= 11 is 1.84. The first kappa shape index (κ1) is 13.6. The Morgan fingerprint density at radius 1 is 1.55 bits per heavy atom. The lowest BCUT2D eigenvalue weighted by Crippen LogP contribution is -2.24. The van der Waals surface area contributed by atoms with Gasteiger partial charge in [0.1, 0.15) is 0 Å². The number of nitrogens with zero attached hydrogens (tertiary/aromatic N) is 2. The van der Waals surface area contributed by atoms with Crippen molar-refractivity contribution < 1.29 is 4.42 Å². The second-order valence-electron chi connectivity index (χ2n) is 5.30. The second kappa shape index (κ2) is 5.97. The summed E-state index contributed by atoms with van der Waals surface area (Å²) in [6, 6.07) is 2.45. The van der Waals surface area contributed by atoms with E-state index in [9.17, 15) is 0 Å². The molecule has 0 radical (unpaired) electrons. The number of rotatable bonds is 5. The molecule has 1 aliphatic carbocycles. The van der Waals surface area contributed by atoms with Crippen LogP contribution in [0.1, 0.15) is 41.9 Å². The Bertz CT molecular complexity index is 549. The molecule has 108 valence electrons. The minimum absolute atomic E-state index is 0.441. The van der Waals surface area contributed by atoms with Crippen molar-refractivity contribution in [3.05, 3.63) is 34.7 Å². The van der Waals surface area contributed by atoms with E-state index in [0.29, 0.717) is 6.04 Å². The highest BCUT2D eigenvalue weighted by atomic mass is 32.1. The molecule has 0 amide bonds. The summed E-state index contributed by atoms with van der Waals surface area (Å²) in [5.74, 6) is 0. The zero-order chi connectivity index (χ0) is 13.9. The minimum atomic E-state index is 0.441. The predicted octanol–water partition coefficient (Wildman–Crippen LogP) is 3.36. The average Bonchev–Trinajstić information content (AvgIpc) is 3.08. The van der Waals surface area contributed by atoms with Crippen molar-refractivity contribution in [3.63, 3.8) is 0 Å². The van der Waals surface area contributed by atoms with Crippen LogP contribution in [0.15, 0.2) is 23.0 Å². The van der Waals surface area contributed by atoms with E-state index in [4.69, 9.17) is 9.40 Å². The van der Waals surface area contributed by atoms with Crippen molar-refractivity contribution in [2.24, 2.45) is 0 Å². The molecule has 1 N–H and O–H groups in total. The normalized spacial score (nSPS) is 18.0. The van der Waals surface area contributed by atoms with E-state index in [2.05, 4.69) is 24.2 Å². The zero-order valence-corrected chi connectivity index (χ0v) is 12.9. The molecule has 0 fully saturated rings. The topological polar surface area (TPSA) is 41.3 Å². The van der Waals surface area contributed by atoms with Crippen molar-refractivity contribution in [3.8, 4) is 0 Å². The highest BCUT2D eigenvalue weighted by molar-refractivity contribution is 7.15. The van der Waals surface area contributed by atoms with E-state index < -0.39 is 0 Å². The average molecular weight is 291 g/mol. The number of fused-ring (bicyclic) bond motifs is 1. The van der Waals surface area contributed by atoms with Gasteiger partial charge in [0.15, 0.2) is 5.13 Å².